The number of pyridine rings is 1. The van der Waals surface area contributed by atoms with Gasteiger partial charge in [0.2, 0.25) is 0 Å². The first kappa shape index (κ1) is 9.44. The molecule has 66 valence electrons. The molecule has 1 heterocycles. The largest absolute Gasteiger partial charge is 0.268 e. The van der Waals surface area contributed by atoms with E-state index in [0.29, 0.717) is 6.20 Å². The minimum atomic E-state index is -3.06. The third-order valence-electron chi connectivity index (χ3n) is 1.18. The van der Waals surface area contributed by atoms with Crippen molar-refractivity contribution in [2.24, 2.45) is 0 Å². The maximum absolute atomic E-state index is 12.6. The van der Waals surface area contributed by atoms with Crippen molar-refractivity contribution in [1.29, 1.82) is 0 Å². The van der Waals surface area contributed by atoms with Crippen LogP contribution in [0.4, 0.5) is 17.6 Å². The van der Waals surface area contributed by atoms with Crippen molar-refractivity contribution in [3.8, 4) is 0 Å². The van der Waals surface area contributed by atoms with Crippen LogP contribution in [-0.2, 0) is 0 Å². The Morgan fingerprint density at radius 3 is 2.33 bits per heavy atom. The molecule has 0 unspecified atom stereocenters. The summed E-state index contributed by atoms with van der Waals surface area (Å²) < 4.78 is 48.5. The summed E-state index contributed by atoms with van der Waals surface area (Å²) in [7, 11) is 0. The van der Waals surface area contributed by atoms with Crippen LogP contribution in [-0.4, -0.2) is 4.98 Å². The quantitative estimate of drug-likeness (QED) is 0.546. The number of halogens is 5. The average molecular weight is 244 g/mol. The summed E-state index contributed by atoms with van der Waals surface area (Å²) in [4.78, 5) is 3.18. The third kappa shape index (κ3) is 1.57. The summed E-state index contributed by atoms with van der Waals surface area (Å²) in [6.07, 6.45) is -2.47. The summed E-state index contributed by atoms with van der Waals surface area (Å²) in [5, 5.41) is 0. The Morgan fingerprint density at radius 2 is 1.83 bits per heavy atom. The fourth-order valence-electron chi connectivity index (χ4n) is 0.609. The second kappa shape index (κ2) is 3.38. The minimum Gasteiger partial charge on any atom is -0.246 e. The van der Waals surface area contributed by atoms with Crippen LogP contribution in [0.25, 0.3) is 0 Å². The lowest BCUT2D eigenvalue weighted by molar-refractivity contribution is 0.144. The van der Waals surface area contributed by atoms with Gasteiger partial charge in [0, 0.05) is 6.20 Å². The zero-order valence-corrected chi connectivity index (χ0v) is 7.08. The van der Waals surface area contributed by atoms with Crippen molar-refractivity contribution in [3.05, 3.63) is 28.0 Å². The monoisotopic (exact) mass is 243 g/mol. The third-order valence-corrected chi connectivity index (χ3v) is 1.73. The van der Waals surface area contributed by atoms with E-state index in [2.05, 4.69) is 20.9 Å². The molecule has 12 heavy (non-hydrogen) atoms. The number of nitrogens with zero attached hydrogens (tertiary/aromatic N) is 1. The Balaban J connectivity index is 3.27. The highest BCUT2D eigenvalue weighted by Crippen LogP contribution is 2.25. The Labute approximate surface area is 73.5 Å². The Bertz CT molecular complexity index is 302. The van der Waals surface area contributed by atoms with Crippen molar-refractivity contribution in [2.45, 2.75) is 6.43 Å². The van der Waals surface area contributed by atoms with Gasteiger partial charge in [-0.3, -0.25) is 0 Å². The van der Waals surface area contributed by atoms with Gasteiger partial charge in [-0.05, 0) is 15.9 Å². The molecular formula is C6H2BrF4N. The molecule has 6 heteroatoms. The van der Waals surface area contributed by atoms with E-state index in [-0.39, 0.29) is 0 Å². The highest BCUT2D eigenvalue weighted by Gasteiger charge is 2.19. The summed E-state index contributed by atoms with van der Waals surface area (Å²) in [6.45, 7) is 0. The number of rotatable bonds is 1. The first-order valence-corrected chi connectivity index (χ1v) is 3.61. The lowest BCUT2D eigenvalue weighted by Crippen LogP contribution is -1.97. The molecule has 0 N–H and O–H groups in total. The predicted octanol–water partition coefficient (Wildman–Crippen LogP) is 3.06. The maximum atomic E-state index is 12.6. The van der Waals surface area contributed by atoms with E-state index in [1.807, 2.05) is 0 Å². The Morgan fingerprint density at radius 1 is 1.25 bits per heavy atom. The second-order valence-corrected chi connectivity index (χ2v) is 2.68. The van der Waals surface area contributed by atoms with Crippen molar-refractivity contribution in [3.63, 3.8) is 0 Å². The van der Waals surface area contributed by atoms with E-state index in [0.717, 1.165) is 0 Å². The summed E-state index contributed by atoms with van der Waals surface area (Å²) in [5.41, 5.74) is -1.03. The van der Waals surface area contributed by atoms with Crippen LogP contribution in [0.1, 0.15) is 12.0 Å². The van der Waals surface area contributed by atoms with Crippen molar-refractivity contribution in [1.82, 2.24) is 4.98 Å². The molecule has 1 aromatic rings. The molecule has 0 radical (unpaired) electrons. The molecule has 0 saturated carbocycles. The van der Waals surface area contributed by atoms with Gasteiger partial charge < -0.3 is 0 Å². The van der Waals surface area contributed by atoms with Crippen LogP contribution in [0.5, 0.6) is 0 Å². The Hall–Kier alpha value is -0.650. The van der Waals surface area contributed by atoms with Crippen LogP contribution in [0.15, 0.2) is 10.8 Å². The topological polar surface area (TPSA) is 12.9 Å². The number of aromatic nitrogens is 1. The molecule has 0 saturated heterocycles. The number of hydrogen-bond donors (Lipinski definition) is 0. The lowest BCUT2D eigenvalue weighted by Gasteiger charge is -2.01. The van der Waals surface area contributed by atoms with Crippen LogP contribution in [0.3, 0.4) is 0 Å². The molecule has 0 aliphatic carbocycles. The first-order valence-electron chi connectivity index (χ1n) is 2.81. The maximum Gasteiger partial charge on any atom is 0.268 e. The van der Waals surface area contributed by atoms with Gasteiger partial charge >= 0.3 is 0 Å². The van der Waals surface area contributed by atoms with Crippen LogP contribution in [0, 0.1) is 11.6 Å². The molecule has 0 aliphatic heterocycles. The fourth-order valence-corrected chi connectivity index (χ4v) is 0.885. The van der Waals surface area contributed by atoms with E-state index in [4.69, 9.17) is 0 Å². The van der Waals surface area contributed by atoms with E-state index in [1.165, 1.54) is 0 Å². The highest BCUT2D eigenvalue weighted by atomic mass is 79.9. The molecule has 0 aromatic carbocycles. The van der Waals surface area contributed by atoms with Gasteiger partial charge in [0.25, 0.3) is 6.43 Å². The van der Waals surface area contributed by atoms with Crippen molar-refractivity contribution in [2.75, 3.05) is 0 Å². The molecule has 0 atom stereocenters. The number of hydrogen-bond acceptors (Lipinski definition) is 1. The van der Waals surface area contributed by atoms with Gasteiger partial charge in [0.15, 0.2) is 11.6 Å². The SMILES string of the molecule is Fc1c(C(F)F)cnc(Br)c1F. The van der Waals surface area contributed by atoms with Crippen molar-refractivity contribution >= 4 is 15.9 Å². The standard InChI is InChI=1S/C6H2BrF4N/c7-5-4(9)3(8)2(1-12-5)6(10)11/h1,6H. The molecule has 1 rings (SSSR count). The van der Waals surface area contributed by atoms with E-state index in [9.17, 15) is 17.6 Å². The zero-order valence-electron chi connectivity index (χ0n) is 5.49. The molecule has 1 aromatic heterocycles. The zero-order chi connectivity index (χ0) is 9.30. The summed E-state index contributed by atoms with van der Waals surface area (Å²) in [5.74, 6) is -2.96. The van der Waals surface area contributed by atoms with Crippen molar-refractivity contribution < 1.29 is 17.6 Å². The first-order chi connectivity index (χ1) is 5.54. The molecule has 0 fully saturated rings. The second-order valence-electron chi connectivity index (χ2n) is 1.93. The molecule has 0 aliphatic rings. The van der Waals surface area contributed by atoms with Gasteiger partial charge in [0.1, 0.15) is 4.60 Å². The minimum absolute atomic E-state index is 0.413. The normalized spacial score (nSPS) is 10.8. The molecular weight excluding hydrogens is 242 g/mol. The van der Waals surface area contributed by atoms with E-state index < -0.39 is 28.2 Å². The average Bonchev–Trinajstić information content (AvgIpc) is 2.00. The molecule has 0 bridgehead atoms. The summed E-state index contributed by atoms with van der Waals surface area (Å²) >= 11 is 2.56. The smallest absolute Gasteiger partial charge is 0.246 e. The van der Waals surface area contributed by atoms with Crippen LogP contribution >= 0.6 is 15.9 Å². The lowest BCUT2D eigenvalue weighted by atomic mass is 10.3. The predicted molar refractivity (Wildman–Crippen MR) is 36.8 cm³/mol. The van der Waals surface area contributed by atoms with Gasteiger partial charge in [0.05, 0.1) is 5.56 Å². The van der Waals surface area contributed by atoms with Gasteiger partial charge in [-0.25, -0.2) is 22.5 Å². The molecule has 0 amide bonds. The van der Waals surface area contributed by atoms with Crippen LogP contribution in [0.2, 0.25) is 0 Å². The van der Waals surface area contributed by atoms with E-state index in [1.54, 1.807) is 0 Å². The van der Waals surface area contributed by atoms with Gasteiger partial charge in [-0.15, -0.1) is 0 Å². The Kier molecular flexibility index (Phi) is 2.66. The summed E-state index contributed by atoms with van der Waals surface area (Å²) in [6, 6.07) is 0. The van der Waals surface area contributed by atoms with Gasteiger partial charge in [-0.1, -0.05) is 0 Å². The van der Waals surface area contributed by atoms with Gasteiger partial charge in [-0.2, -0.15) is 0 Å². The van der Waals surface area contributed by atoms with E-state index >= 15 is 0 Å². The molecule has 0 spiro atoms. The van der Waals surface area contributed by atoms with Crippen LogP contribution < -0.4 is 0 Å². The molecule has 1 nitrogen and oxygen atoms in total. The number of alkyl halides is 2. The fraction of sp³-hybridized carbons (Fsp3) is 0.167. The highest BCUT2D eigenvalue weighted by molar-refractivity contribution is 9.10.